The van der Waals surface area contributed by atoms with Gasteiger partial charge in [-0.1, -0.05) is 30.3 Å². The van der Waals surface area contributed by atoms with Crippen LogP contribution in [0.15, 0.2) is 71.0 Å². The predicted molar refractivity (Wildman–Crippen MR) is 119 cm³/mol. The van der Waals surface area contributed by atoms with E-state index >= 15 is 0 Å². The fourth-order valence-corrected chi connectivity index (χ4v) is 4.66. The highest BCUT2D eigenvalue weighted by Crippen LogP contribution is 2.30. The highest BCUT2D eigenvalue weighted by molar-refractivity contribution is 7.13. The summed E-state index contributed by atoms with van der Waals surface area (Å²) in [4.78, 5) is 29.3. The quantitative estimate of drug-likeness (QED) is 0.455. The number of pyridine rings is 1. The van der Waals surface area contributed by atoms with Gasteiger partial charge in [-0.2, -0.15) is 0 Å². The molecule has 31 heavy (non-hydrogen) atoms. The first-order valence-corrected chi connectivity index (χ1v) is 11.3. The second-order valence-electron chi connectivity index (χ2n) is 7.68. The van der Waals surface area contributed by atoms with Gasteiger partial charge < -0.3 is 9.32 Å². The molecule has 3 aromatic heterocycles. The zero-order valence-corrected chi connectivity index (χ0v) is 17.8. The van der Waals surface area contributed by atoms with Crippen LogP contribution in [0.1, 0.15) is 46.3 Å². The van der Waals surface area contributed by atoms with Crippen LogP contribution in [0, 0.1) is 0 Å². The van der Waals surface area contributed by atoms with E-state index in [1.165, 1.54) is 16.9 Å². The largest absolute Gasteiger partial charge is 0.445 e. The summed E-state index contributed by atoms with van der Waals surface area (Å²) in [6.07, 6.45) is 7.88. The highest BCUT2D eigenvalue weighted by atomic mass is 32.1. The van der Waals surface area contributed by atoms with Gasteiger partial charge in [-0.15, -0.1) is 11.3 Å². The van der Waals surface area contributed by atoms with E-state index in [0.29, 0.717) is 17.8 Å². The molecule has 5 rings (SSSR count). The summed E-state index contributed by atoms with van der Waals surface area (Å²) in [6, 6.07) is 13.9. The topological polar surface area (TPSA) is 72.1 Å². The van der Waals surface area contributed by atoms with Gasteiger partial charge in [0.15, 0.2) is 5.89 Å². The molecule has 0 aliphatic carbocycles. The summed E-state index contributed by atoms with van der Waals surface area (Å²) < 4.78 is 6.08. The molecule has 0 unspecified atom stereocenters. The predicted octanol–water partition coefficient (Wildman–Crippen LogP) is 4.80. The number of hydrogen-bond donors (Lipinski definition) is 0. The van der Waals surface area contributed by atoms with Crippen LogP contribution in [0.5, 0.6) is 0 Å². The van der Waals surface area contributed by atoms with Crippen LogP contribution in [-0.4, -0.2) is 38.8 Å². The molecule has 1 aromatic carbocycles. The molecule has 4 heterocycles. The van der Waals surface area contributed by atoms with Gasteiger partial charge in [-0.25, -0.2) is 4.98 Å². The molecule has 1 aliphatic heterocycles. The highest BCUT2D eigenvalue weighted by Gasteiger charge is 2.30. The summed E-state index contributed by atoms with van der Waals surface area (Å²) in [5, 5.41) is 0. The zero-order valence-electron chi connectivity index (χ0n) is 17.0. The number of thiazole rings is 1. The van der Waals surface area contributed by atoms with E-state index in [-0.39, 0.29) is 11.8 Å². The molecular formula is C24H22N4O2S. The van der Waals surface area contributed by atoms with Crippen LogP contribution in [0.2, 0.25) is 0 Å². The lowest BCUT2D eigenvalue weighted by atomic mass is 9.97. The van der Waals surface area contributed by atoms with E-state index in [1.807, 2.05) is 41.4 Å². The molecule has 0 saturated carbocycles. The van der Waals surface area contributed by atoms with Crippen LogP contribution >= 0.6 is 11.3 Å². The number of nitrogens with zero attached hydrogens (tertiary/aromatic N) is 4. The maximum Gasteiger partial charge on any atom is 0.256 e. The minimum atomic E-state index is -0.00253. The standard InChI is InChI=1S/C24H22N4O2S/c29-24(20-9-4-10-26-22(20)21-14-25-16-31-21)28-11-5-8-18(15-28)23-27-13-19(30-23)12-17-6-2-1-3-7-17/h1-4,6-7,9-10,13-14,16,18H,5,8,11-12,15H2/t18-/m1/s1. The van der Waals surface area contributed by atoms with E-state index in [2.05, 4.69) is 27.1 Å². The second-order valence-corrected chi connectivity index (χ2v) is 8.57. The van der Waals surface area contributed by atoms with Gasteiger partial charge in [-0.05, 0) is 30.5 Å². The number of benzene rings is 1. The lowest BCUT2D eigenvalue weighted by molar-refractivity contribution is 0.0698. The first kappa shape index (κ1) is 19.6. The number of carbonyl (C=O) groups excluding carboxylic acids is 1. The molecule has 4 aromatic rings. The summed E-state index contributed by atoms with van der Waals surface area (Å²) in [5.41, 5.74) is 4.26. The smallest absolute Gasteiger partial charge is 0.256 e. The normalized spacial score (nSPS) is 16.4. The van der Waals surface area contributed by atoms with Gasteiger partial charge in [0, 0.05) is 31.9 Å². The number of aromatic nitrogens is 3. The Kier molecular flexibility index (Phi) is 5.58. The van der Waals surface area contributed by atoms with E-state index in [1.54, 1.807) is 17.9 Å². The van der Waals surface area contributed by atoms with Crippen molar-refractivity contribution in [2.45, 2.75) is 25.2 Å². The monoisotopic (exact) mass is 430 g/mol. The van der Waals surface area contributed by atoms with Crippen LogP contribution in [0.25, 0.3) is 10.6 Å². The van der Waals surface area contributed by atoms with Gasteiger partial charge in [0.2, 0.25) is 0 Å². The summed E-state index contributed by atoms with van der Waals surface area (Å²) in [5.74, 6) is 1.67. The number of rotatable bonds is 5. The molecule has 0 radical (unpaired) electrons. The van der Waals surface area contributed by atoms with Crippen molar-refractivity contribution in [3.8, 4) is 10.6 Å². The molecule has 1 fully saturated rings. The number of likely N-dealkylation sites (tertiary alicyclic amines) is 1. The molecule has 0 spiro atoms. The number of oxazole rings is 1. The number of hydrogen-bond acceptors (Lipinski definition) is 6. The van der Waals surface area contributed by atoms with Crippen molar-refractivity contribution < 1.29 is 9.21 Å². The molecule has 156 valence electrons. The van der Waals surface area contributed by atoms with Crippen molar-refractivity contribution in [1.82, 2.24) is 19.9 Å². The minimum absolute atomic E-state index is 0.00253. The van der Waals surface area contributed by atoms with Crippen LogP contribution in [-0.2, 0) is 6.42 Å². The van der Waals surface area contributed by atoms with Crippen LogP contribution in [0.3, 0.4) is 0 Å². The molecule has 0 N–H and O–H groups in total. The van der Waals surface area contributed by atoms with Crippen LogP contribution < -0.4 is 0 Å². The molecule has 1 aliphatic rings. The van der Waals surface area contributed by atoms with Crippen molar-refractivity contribution in [3.05, 3.63) is 89.3 Å². The van der Waals surface area contributed by atoms with Crippen molar-refractivity contribution in [2.75, 3.05) is 13.1 Å². The molecule has 1 saturated heterocycles. The third-order valence-corrected chi connectivity index (χ3v) is 6.33. The molecule has 1 atom stereocenters. The number of piperidine rings is 1. The lowest BCUT2D eigenvalue weighted by Gasteiger charge is -2.31. The Balaban J connectivity index is 1.32. The third-order valence-electron chi connectivity index (χ3n) is 5.55. The van der Waals surface area contributed by atoms with E-state index < -0.39 is 0 Å². The molecule has 0 bridgehead atoms. The van der Waals surface area contributed by atoms with E-state index in [0.717, 1.165) is 42.3 Å². The number of amides is 1. The Bertz CT molecular complexity index is 1160. The van der Waals surface area contributed by atoms with Gasteiger partial charge in [0.25, 0.3) is 5.91 Å². The average Bonchev–Trinajstić information content (AvgIpc) is 3.52. The zero-order chi connectivity index (χ0) is 21.0. The SMILES string of the molecule is O=C(c1cccnc1-c1cncs1)N1CCC[C@@H](c2ncc(Cc3ccccc3)o2)C1. The average molecular weight is 431 g/mol. The Hall–Kier alpha value is -3.32. The van der Waals surface area contributed by atoms with Gasteiger partial charge >= 0.3 is 0 Å². The Morgan fingerprint density at radius 3 is 2.87 bits per heavy atom. The Morgan fingerprint density at radius 2 is 2.03 bits per heavy atom. The summed E-state index contributed by atoms with van der Waals surface area (Å²) >= 11 is 1.49. The number of carbonyl (C=O) groups is 1. The molecule has 1 amide bonds. The van der Waals surface area contributed by atoms with Crippen molar-refractivity contribution in [1.29, 1.82) is 0 Å². The molecular weight excluding hydrogens is 408 g/mol. The molecule has 6 nitrogen and oxygen atoms in total. The Morgan fingerprint density at radius 1 is 1.13 bits per heavy atom. The maximum absolute atomic E-state index is 13.4. The molecule has 7 heteroatoms. The van der Waals surface area contributed by atoms with E-state index in [4.69, 9.17) is 4.42 Å². The lowest BCUT2D eigenvalue weighted by Crippen LogP contribution is -2.39. The first-order chi connectivity index (χ1) is 15.3. The maximum atomic E-state index is 13.4. The van der Waals surface area contributed by atoms with Crippen LogP contribution in [0.4, 0.5) is 0 Å². The minimum Gasteiger partial charge on any atom is -0.445 e. The third kappa shape index (κ3) is 4.27. The van der Waals surface area contributed by atoms with Crippen molar-refractivity contribution in [2.24, 2.45) is 0 Å². The van der Waals surface area contributed by atoms with Crippen molar-refractivity contribution in [3.63, 3.8) is 0 Å². The summed E-state index contributed by atoms with van der Waals surface area (Å²) in [6.45, 7) is 1.32. The van der Waals surface area contributed by atoms with Crippen molar-refractivity contribution >= 4 is 17.2 Å². The van der Waals surface area contributed by atoms with Gasteiger partial charge in [0.1, 0.15) is 5.76 Å². The van der Waals surface area contributed by atoms with Gasteiger partial charge in [0.05, 0.1) is 33.8 Å². The van der Waals surface area contributed by atoms with E-state index in [9.17, 15) is 4.79 Å². The Labute approximate surface area is 184 Å². The van der Waals surface area contributed by atoms with Gasteiger partial charge in [-0.3, -0.25) is 14.8 Å². The fraction of sp³-hybridized carbons (Fsp3) is 0.250. The summed E-state index contributed by atoms with van der Waals surface area (Å²) in [7, 11) is 0. The fourth-order valence-electron chi connectivity index (χ4n) is 4.03. The first-order valence-electron chi connectivity index (χ1n) is 10.4. The second kappa shape index (κ2) is 8.81.